The van der Waals surface area contributed by atoms with E-state index in [1.54, 1.807) is 12.1 Å². The van der Waals surface area contributed by atoms with E-state index in [9.17, 15) is 10.1 Å². The highest BCUT2D eigenvalue weighted by atomic mass is 79.9. The summed E-state index contributed by atoms with van der Waals surface area (Å²) in [5.41, 5.74) is 0.569. The summed E-state index contributed by atoms with van der Waals surface area (Å²) in [6, 6.07) is 5.44. The second-order valence-corrected chi connectivity index (χ2v) is 6.16. The molecular weight excluding hydrogens is 376 g/mol. The molecule has 0 bridgehead atoms. The van der Waals surface area contributed by atoms with Crippen LogP contribution < -0.4 is 14.8 Å². The predicted octanol–water partition coefficient (Wildman–Crippen LogP) is 2.67. The molecule has 1 aliphatic rings. The maximum absolute atomic E-state index is 12.2. The van der Waals surface area contributed by atoms with Crippen LogP contribution in [0.2, 0.25) is 0 Å². The Labute approximate surface area is 149 Å². The zero-order chi connectivity index (χ0) is 17.5. The van der Waals surface area contributed by atoms with E-state index in [4.69, 9.17) is 14.2 Å². The molecule has 1 fully saturated rings. The minimum atomic E-state index is -0.436. The largest absolute Gasteiger partial charge is 0.493 e. The van der Waals surface area contributed by atoms with Gasteiger partial charge >= 0.3 is 0 Å². The van der Waals surface area contributed by atoms with Gasteiger partial charge in [-0.25, -0.2) is 0 Å². The number of nitriles is 1. The Kier molecular flexibility index (Phi) is 6.64. The fourth-order valence-electron chi connectivity index (χ4n) is 2.48. The second kappa shape index (κ2) is 8.71. The lowest BCUT2D eigenvalue weighted by Gasteiger charge is -2.12. The molecule has 0 unspecified atom stereocenters. The van der Waals surface area contributed by atoms with Crippen LogP contribution in [0, 0.1) is 11.3 Å². The van der Waals surface area contributed by atoms with Crippen molar-refractivity contribution in [3.05, 3.63) is 27.7 Å². The number of halogens is 1. The Bertz CT molecular complexity index is 676. The number of nitrogens with zero attached hydrogens (tertiary/aromatic N) is 1. The standard InChI is InChI=1S/C17H19BrN2O4/c1-22-15-8-13(18)7-11(16(15)23-2)6-12(9-19)17(21)20-10-14-4-3-5-24-14/h6-8,14H,3-5,10H2,1-2H3,(H,20,21)/b12-6+/t14-/m1/s1. The summed E-state index contributed by atoms with van der Waals surface area (Å²) in [6.45, 7) is 1.12. The number of hydrogen-bond donors (Lipinski definition) is 1. The molecular formula is C17H19BrN2O4. The van der Waals surface area contributed by atoms with Gasteiger partial charge in [-0.05, 0) is 31.1 Å². The summed E-state index contributed by atoms with van der Waals surface area (Å²) in [7, 11) is 3.03. The van der Waals surface area contributed by atoms with Gasteiger partial charge in [0.15, 0.2) is 11.5 Å². The van der Waals surface area contributed by atoms with Gasteiger partial charge in [0.05, 0.1) is 20.3 Å². The summed E-state index contributed by atoms with van der Waals surface area (Å²) in [5.74, 6) is 0.532. The molecule has 0 radical (unpaired) electrons. The topological polar surface area (TPSA) is 80.6 Å². The fourth-order valence-corrected chi connectivity index (χ4v) is 2.93. The molecule has 1 aromatic rings. The van der Waals surface area contributed by atoms with Crippen molar-refractivity contribution >= 4 is 27.9 Å². The maximum Gasteiger partial charge on any atom is 0.262 e. The third kappa shape index (κ3) is 4.49. The first-order valence-electron chi connectivity index (χ1n) is 7.52. The highest BCUT2D eigenvalue weighted by Crippen LogP contribution is 2.35. The van der Waals surface area contributed by atoms with E-state index in [0.29, 0.717) is 23.6 Å². The van der Waals surface area contributed by atoms with Crippen LogP contribution in [0.4, 0.5) is 0 Å². The monoisotopic (exact) mass is 394 g/mol. The summed E-state index contributed by atoms with van der Waals surface area (Å²) in [4.78, 5) is 12.2. The number of carbonyl (C=O) groups is 1. The molecule has 1 N–H and O–H groups in total. The van der Waals surface area contributed by atoms with E-state index in [0.717, 1.165) is 23.9 Å². The van der Waals surface area contributed by atoms with Crippen molar-refractivity contribution < 1.29 is 19.0 Å². The van der Waals surface area contributed by atoms with Crippen LogP contribution in [0.25, 0.3) is 6.08 Å². The highest BCUT2D eigenvalue weighted by Gasteiger charge is 2.18. The van der Waals surface area contributed by atoms with Gasteiger partial charge in [-0.2, -0.15) is 5.26 Å². The Morgan fingerprint density at radius 1 is 1.50 bits per heavy atom. The molecule has 0 aliphatic carbocycles. The van der Waals surface area contributed by atoms with Gasteiger partial charge in [0.25, 0.3) is 5.91 Å². The lowest BCUT2D eigenvalue weighted by Crippen LogP contribution is -2.32. The van der Waals surface area contributed by atoms with Crippen molar-refractivity contribution in [3.63, 3.8) is 0 Å². The second-order valence-electron chi connectivity index (χ2n) is 5.25. The molecule has 6 nitrogen and oxygen atoms in total. The fraction of sp³-hybridized carbons (Fsp3) is 0.412. The molecule has 1 saturated heterocycles. The van der Waals surface area contributed by atoms with E-state index in [-0.39, 0.29) is 11.7 Å². The first kappa shape index (κ1) is 18.3. The number of amides is 1. The Balaban J connectivity index is 2.21. The van der Waals surface area contributed by atoms with Gasteiger partial charge in [-0.15, -0.1) is 0 Å². The zero-order valence-electron chi connectivity index (χ0n) is 13.6. The summed E-state index contributed by atoms with van der Waals surface area (Å²) in [5, 5.41) is 12.1. The van der Waals surface area contributed by atoms with Gasteiger partial charge in [0.2, 0.25) is 0 Å². The van der Waals surface area contributed by atoms with Gasteiger partial charge in [0, 0.05) is 23.2 Å². The number of benzene rings is 1. The quantitative estimate of drug-likeness (QED) is 0.592. The van der Waals surface area contributed by atoms with Crippen LogP contribution in [-0.4, -0.2) is 39.4 Å². The van der Waals surface area contributed by atoms with Crippen LogP contribution in [0.15, 0.2) is 22.2 Å². The van der Waals surface area contributed by atoms with Gasteiger partial charge in [-0.1, -0.05) is 15.9 Å². The molecule has 1 heterocycles. The summed E-state index contributed by atoms with van der Waals surface area (Å²) < 4.78 is 16.8. The first-order chi connectivity index (χ1) is 11.6. The van der Waals surface area contributed by atoms with Crippen molar-refractivity contribution in [1.29, 1.82) is 5.26 Å². The third-order valence-electron chi connectivity index (χ3n) is 3.65. The lowest BCUT2D eigenvalue weighted by molar-refractivity contribution is -0.117. The summed E-state index contributed by atoms with van der Waals surface area (Å²) in [6.07, 6.45) is 3.42. The Morgan fingerprint density at radius 3 is 2.88 bits per heavy atom. The Hall–Kier alpha value is -2.04. The van der Waals surface area contributed by atoms with Crippen LogP contribution in [-0.2, 0) is 9.53 Å². The molecule has 7 heteroatoms. The van der Waals surface area contributed by atoms with Crippen LogP contribution >= 0.6 is 15.9 Å². The SMILES string of the molecule is COc1cc(Br)cc(/C=C(\C#N)C(=O)NC[C@H]2CCCO2)c1OC. The molecule has 2 rings (SSSR count). The Morgan fingerprint density at radius 2 is 2.29 bits per heavy atom. The van der Waals surface area contributed by atoms with Crippen molar-refractivity contribution in [3.8, 4) is 17.6 Å². The molecule has 24 heavy (non-hydrogen) atoms. The van der Waals surface area contributed by atoms with Crippen LogP contribution in [0.3, 0.4) is 0 Å². The predicted molar refractivity (Wildman–Crippen MR) is 92.8 cm³/mol. The van der Waals surface area contributed by atoms with E-state index in [1.807, 2.05) is 6.07 Å². The number of hydrogen-bond acceptors (Lipinski definition) is 5. The summed E-state index contributed by atoms with van der Waals surface area (Å²) >= 11 is 3.38. The van der Waals surface area contributed by atoms with Gasteiger partial charge in [0.1, 0.15) is 11.6 Å². The lowest BCUT2D eigenvalue weighted by atomic mass is 10.1. The normalized spacial score (nSPS) is 17.2. The van der Waals surface area contributed by atoms with E-state index < -0.39 is 5.91 Å². The molecule has 0 spiro atoms. The molecule has 1 amide bonds. The van der Waals surface area contributed by atoms with E-state index in [1.165, 1.54) is 20.3 Å². The first-order valence-corrected chi connectivity index (χ1v) is 8.31. The van der Waals surface area contributed by atoms with Gasteiger partial charge < -0.3 is 19.5 Å². The third-order valence-corrected chi connectivity index (χ3v) is 4.11. The molecule has 0 saturated carbocycles. The molecule has 0 aromatic heterocycles. The average Bonchev–Trinajstić information content (AvgIpc) is 3.10. The minimum Gasteiger partial charge on any atom is -0.493 e. The number of methoxy groups -OCH3 is 2. The molecule has 1 aromatic carbocycles. The van der Waals surface area contributed by atoms with Crippen molar-refractivity contribution in [2.45, 2.75) is 18.9 Å². The zero-order valence-corrected chi connectivity index (χ0v) is 15.2. The highest BCUT2D eigenvalue weighted by molar-refractivity contribution is 9.10. The van der Waals surface area contributed by atoms with Gasteiger partial charge in [-0.3, -0.25) is 4.79 Å². The van der Waals surface area contributed by atoms with E-state index >= 15 is 0 Å². The van der Waals surface area contributed by atoms with Crippen LogP contribution in [0.5, 0.6) is 11.5 Å². The molecule has 1 aliphatic heterocycles. The number of nitrogens with one attached hydrogen (secondary N) is 1. The molecule has 1 atom stereocenters. The van der Waals surface area contributed by atoms with Crippen molar-refractivity contribution in [1.82, 2.24) is 5.32 Å². The maximum atomic E-state index is 12.2. The number of rotatable bonds is 6. The minimum absolute atomic E-state index is 0.00792. The number of carbonyl (C=O) groups excluding carboxylic acids is 1. The van der Waals surface area contributed by atoms with Crippen molar-refractivity contribution in [2.24, 2.45) is 0 Å². The van der Waals surface area contributed by atoms with E-state index in [2.05, 4.69) is 21.2 Å². The van der Waals surface area contributed by atoms with Crippen LogP contribution in [0.1, 0.15) is 18.4 Å². The van der Waals surface area contributed by atoms with Crippen molar-refractivity contribution in [2.75, 3.05) is 27.4 Å². The molecule has 128 valence electrons. The smallest absolute Gasteiger partial charge is 0.262 e. The number of ether oxygens (including phenoxy) is 3. The average molecular weight is 395 g/mol.